The maximum absolute atomic E-state index is 13.1. The highest BCUT2D eigenvalue weighted by atomic mass is 35.5. The van der Waals surface area contributed by atoms with Crippen molar-refractivity contribution in [1.82, 2.24) is 19.8 Å². The molecule has 0 saturated heterocycles. The molecule has 4 atom stereocenters. The molecule has 2 amide bonds. The number of carbonyl (C=O) groups excluding carboxylic acids is 2. The lowest BCUT2D eigenvalue weighted by molar-refractivity contribution is -0.0102. The van der Waals surface area contributed by atoms with Crippen LogP contribution in [0.15, 0.2) is 85.2 Å². The van der Waals surface area contributed by atoms with Crippen LogP contribution >= 0.6 is 46.4 Å². The van der Waals surface area contributed by atoms with Crippen LogP contribution in [0.4, 0.5) is 9.59 Å². The second-order valence-corrected chi connectivity index (χ2v) is 18.6. The lowest BCUT2D eigenvalue weighted by Crippen LogP contribution is -2.42. The first kappa shape index (κ1) is 48.0. The van der Waals surface area contributed by atoms with E-state index in [9.17, 15) is 19.8 Å². The van der Waals surface area contributed by atoms with Crippen LogP contribution in [-0.4, -0.2) is 66.5 Å². The number of amides is 2. The van der Waals surface area contributed by atoms with Gasteiger partial charge in [-0.05, 0) is 139 Å². The molecule has 6 rings (SSSR count). The first-order valence-corrected chi connectivity index (χ1v) is 20.9. The number of carbonyl (C=O) groups is 2. The Morgan fingerprint density at radius 2 is 0.983 bits per heavy atom. The highest BCUT2D eigenvalue weighted by Crippen LogP contribution is 2.41. The highest BCUT2D eigenvalue weighted by molar-refractivity contribution is 6.31. The number of ether oxygens (including phenoxy) is 2. The predicted octanol–water partition coefficient (Wildman–Crippen LogP) is 12.3. The molecule has 0 unspecified atom stereocenters. The number of halogens is 4. The van der Waals surface area contributed by atoms with Gasteiger partial charge in [-0.15, -0.1) is 0 Å². The first-order chi connectivity index (χ1) is 27.3. The zero-order chi connectivity index (χ0) is 42.4. The van der Waals surface area contributed by atoms with Crippen molar-refractivity contribution < 1.29 is 29.3 Å². The molecule has 59 heavy (non-hydrogen) atoms. The Morgan fingerprint density at radius 3 is 1.25 bits per heavy atom. The minimum Gasteiger partial charge on any atom is -0.444 e. The average molecular weight is 891 g/mol. The molecule has 2 fully saturated rings. The SMILES string of the molecule is C.CC(C)(C)OC(=O)N(CC1CC1)[C@@H](c1ccc(Cl)cn1)[C@@H](O)c1cccc(Cl)c1.CC(C)(C)OC(=O)N(CC1CC1)[C@H](c1ccc(Cl)cn1)[C@H](O)c1cccc(Cl)c1. The smallest absolute Gasteiger partial charge is 0.410 e. The quantitative estimate of drug-likeness (QED) is 0.144. The monoisotopic (exact) mass is 888 g/mol. The zero-order valence-electron chi connectivity index (χ0n) is 33.6. The Kier molecular flexibility index (Phi) is 16.9. The number of rotatable bonds is 12. The number of pyridine rings is 2. The van der Waals surface area contributed by atoms with Gasteiger partial charge in [0, 0.05) is 35.5 Å². The molecule has 2 heterocycles. The van der Waals surface area contributed by atoms with Crippen LogP contribution in [0.25, 0.3) is 0 Å². The molecule has 0 bridgehead atoms. The van der Waals surface area contributed by atoms with Gasteiger partial charge >= 0.3 is 12.2 Å². The largest absolute Gasteiger partial charge is 0.444 e. The summed E-state index contributed by atoms with van der Waals surface area (Å²) in [6.07, 6.45) is 4.20. The molecule has 14 heteroatoms. The number of aliphatic hydroxyl groups excluding tert-OH is 2. The minimum absolute atomic E-state index is 0. The molecule has 2 aliphatic rings. The molecule has 2 saturated carbocycles. The number of nitrogens with zero attached hydrogens (tertiary/aromatic N) is 4. The van der Waals surface area contributed by atoms with E-state index in [4.69, 9.17) is 55.9 Å². The van der Waals surface area contributed by atoms with E-state index in [1.54, 1.807) is 82.6 Å². The molecular formula is C45H56Cl4N4O6. The molecule has 0 radical (unpaired) electrons. The van der Waals surface area contributed by atoms with E-state index in [1.165, 1.54) is 12.4 Å². The van der Waals surface area contributed by atoms with Gasteiger partial charge in [0.25, 0.3) is 0 Å². The third-order valence-electron chi connectivity index (χ3n) is 9.32. The van der Waals surface area contributed by atoms with Crippen molar-refractivity contribution in [2.24, 2.45) is 11.8 Å². The van der Waals surface area contributed by atoms with Crippen LogP contribution in [0.1, 0.15) is 121 Å². The van der Waals surface area contributed by atoms with Gasteiger partial charge in [0.2, 0.25) is 0 Å². The molecule has 4 aromatic rings. The molecule has 10 nitrogen and oxygen atoms in total. The molecule has 0 spiro atoms. The van der Waals surface area contributed by atoms with Crippen molar-refractivity contribution in [3.8, 4) is 0 Å². The Labute approximate surface area is 368 Å². The Hall–Kier alpha value is -3.64. The van der Waals surface area contributed by atoms with Gasteiger partial charge in [-0.3, -0.25) is 19.8 Å². The molecule has 2 N–H and O–H groups in total. The summed E-state index contributed by atoms with van der Waals surface area (Å²) in [5, 5.41) is 24.6. The van der Waals surface area contributed by atoms with E-state index in [0.29, 0.717) is 67.5 Å². The lowest BCUT2D eigenvalue weighted by Gasteiger charge is -2.36. The van der Waals surface area contributed by atoms with Crippen molar-refractivity contribution in [3.63, 3.8) is 0 Å². The van der Waals surface area contributed by atoms with Gasteiger partial charge in [-0.1, -0.05) is 78.1 Å². The number of hydrogen-bond acceptors (Lipinski definition) is 8. The fourth-order valence-corrected chi connectivity index (χ4v) is 6.88. The average Bonchev–Trinajstić information content (AvgIpc) is 4.09. The van der Waals surface area contributed by atoms with Crippen LogP contribution in [0.5, 0.6) is 0 Å². The van der Waals surface area contributed by atoms with E-state index in [-0.39, 0.29) is 7.43 Å². The Bertz CT molecular complexity index is 1840. The van der Waals surface area contributed by atoms with Crippen molar-refractivity contribution in [1.29, 1.82) is 0 Å². The van der Waals surface area contributed by atoms with Gasteiger partial charge in [0.1, 0.15) is 35.5 Å². The van der Waals surface area contributed by atoms with Crippen LogP contribution in [-0.2, 0) is 9.47 Å². The zero-order valence-corrected chi connectivity index (χ0v) is 36.6. The second kappa shape index (κ2) is 20.8. The van der Waals surface area contributed by atoms with Crippen LogP contribution in [0.2, 0.25) is 20.1 Å². The van der Waals surface area contributed by atoms with Gasteiger partial charge in [-0.2, -0.15) is 0 Å². The predicted molar refractivity (Wildman–Crippen MR) is 235 cm³/mol. The fourth-order valence-electron chi connectivity index (χ4n) is 6.26. The van der Waals surface area contributed by atoms with Crippen molar-refractivity contribution in [3.05, 3.63) is 128 Å². The molecule has 2 aromatic heterocycles. The summed E-state index contributed by atoms with van der Waals surface area (Å²) in [4.78, 5) is 38.2. The minimum atomic E-state index is -1.03. The van der Waals surface area contributed by atoms with Gasteiger partial charge in [0.05, 0.1) is 21.4 Å². The third kappa shape index (κ3) is 14.8. The van der Waals surface area contributed by atoms with Gasteiger partial charge < -0.3 is 19.7 Å². The van der Waals surface area contributed by atoms with Crippen LogP contribution in [0, 0.1) is 11.8 Å². The van der Waals surface area contributed by atoms with E-state index in [0.717, 1.165) is 25.7 Å². The van der Waals surface area contributed by atoms with Crippen molar-refractivity contribution in [2.45, 2.75) is 110 Å². The molecule has 2 aliphatic carbocycles. The first-order valence-electron chi connectivity index (χ1n) is 19.4. The molecule has 2 aromatic carbocycles. The summed E-state index contributed by atoms with van der Waals surface area (Å²) < 4.78 is 11.3. The lowest BCUT2D eigenvalue weighted by atomic mass is 9.97. The number of aliphatic hydroxyl groups is 2. The van der Waals surface area contributed by atoms with Crippen molar-refractivity contribution >= 4 is 58.6 Å². The Morgan fingerprint density at radius 1 is 0.627 bits per heavy atom. The molecular weight excluding hydrogens is 834 g/mol. The second-order valence-electron chi connectivity index (χ2n) is 16.8. The van der Waals surface area contributed by atoms with E-state index in [2.05, 4.69) is 9.97 Å². The van der Waals surface area contributed by atoms with Crippen LogP contribution < -0.4 is 0 Å². The number of aromatic nitrogens is 2. The summed E-state index contributed by atoms with van der Waals surface area (Å²) in [5.74, 6) is 0.785. The van der Waals surface area contributed by atoms with E-state index < -0.39 is 47.7 Å². The summed E-state index contributed by atoms with van der Waals surface area (Å²) >= 11 is 24.3. The number of benzene rings is 2. The van der Waals surface area contributed by atoms with Crippen molar-refractivity contribution in [2.75, 3.05) is 13.1 Å². The third-order valence-corrected chi connectivity index (χ3v) is 10.2. The summed E-state index contributed by atoms with van der Waals surface area (Å²) in [6.45, 7) is 11.9. The van der Waals surface area contributed by atoms with Gasteiger partial charge in [-0.25, -0.2) is 9.59 Å². The number of hydrogen-bond donors (Lipinski definition) is 2. The summed E-state index contributed by atoms with van der Waals surface area (Å²) in [7, 11) is 0. The topological polar surface area (TPSA) is 125 Å². The molecule has 0 aliphatic heterocycles. The molecule has 320 valence electrons. The highest BCUT2D eigenvalue weighted by Gasteiger charge is 2.40. The summed E-state index contributed by atoms with van der Waals surface area (Å²) in [6, 6.07) is 19.4. The maximum Gasteiger partial charge on any atom is 0.410 e. The maximum atomic E-state index is 13.1. The Balaban J connectivity index is 0.000000256. The summed E-state index contributed by atoms with van der Waals surface area (Å²) in [5.41, 5.74) is 0.962. The van der Waals surface area contributed by atoms with E-state index in [1.807, 2.05) is 41.5 Å². The van der Waals surface area contributed by atoms with E-state index >= 15 is 0 Å². The standard InChI is InChI=1S/2C22H26Cl2N2O3.CH4/c2*1-22(2,3)29-21(28)26(13-14-7-8-14)19(18-10-9-17(24)12-25-18)20(27)15-5-4-6-16(23)11-15;/h2*4-6,9-12,14,19-20,27H,7-8,13H2,1-3H3;1H4/t2*19-,20-;/m10./s1. The van der Waals surface area contributed by atoms with Gasteiger partial charge in [0.15, 0.2) is 0 Å². The normalized spacial score (nSPS) is 15.9. The fraction of sp³-hybridized carbons (Fsp3) is 0.467. The van der Waals surface area contributed by atoms with Crippen LogP contribution in [0.3, 0.4) is 0 Å².